The molecular formula is C14H17ClN4S. The van der Waals surface area contributed by atoms with E-state index in [1.807, 2.05) is 19.9 Å². The van der Waals surface area contributed by atoms with E-state index >= 15 is 0 Å². The van der Waals surface area contributed by atoms with Gasteiger partial charge >= 0.3 is 0 Å². The molecule has 0 bridgehead atoms. The Morgan fingerprint density at radius 2 is 1.80 bits per heavy atom. The van der Waals surface area contributed by atoms with Crippen molar-refractivity contribution in [3.05, 3.63) is 34.5 Å². The highest BCUT2D eigenvalue weighted by molar-refractivity contribution is 7.99. The van der Waals surface area contributed by atoms with Crippen molar-refractivity contribution in [3.63, 3.8) is 0 Å². The summed E-state index contributed by atoms with van der Waals surface area (Å²) in [4.78, 5) is 17.6. The molecule has 0 atom stereocenters. The molecule has 0 aliphatic heterocycles. The lowest BCUT2D eigenvalue weighted by Crippen LogP contribution is -2.17. The minimum Gasteiger partial charge on any atom is -0.231 e. The Labute approximate surface area is 128 Å². The summed E-state index contributed by atoms with van der Waals surface area (Å²) in [7, 11) is 0. The number of rotatable bonds is 2. The van der Waals surface area contributed by atoms with Crippen molar-refractivity contribution in [2.75, 3.05) is 0 Å². The first-order chi connectivity index (χ1) is 9.27. The summed E-state index contributed by atoms with van der Waals surface area (Å²) in [6.45, 7) is 10.0. The maximum absolute atomic E-state index is 6.22. The quantitative estimate of drug-likeness (QED) is 0.620. The van der Waals surface area contributed by atoms with Gasteiger partial charge in [-0.2, -0.15) is 0 Å². The second-order valence-corrected chi connectivity index (χ2v) is 6.91. The molecule has 4 nitrogen and oxygen atoms in total. The van der Waals surface area contributed by atoms with Crippen molar-refractivity contribution >= 4 is 23.4 Å². The third-order valence-corrected chi connectivity index (χ3v) is 4.01. The van der Waals surface area contributed by atoms with Crippen LogP contribution in [0.4, 0.5) is 0 Å². The zero-order valence-electron chi connectivity index (χ0n) is 12.2. The van der Waals surface area contributed by atoms with Gasteiger partial charge in [-0.1, -0.05) is 32.4 Å². The van der Waals surface area contributed by atoms with Gasteiger partial charge in [0.25, 0.3) is 0 Å². The fourth-order valence-electron chi connectivity index (χ4n) is 1.47. The molecule has 2 aromatic heterocycles. The largest absolute Gasteiger partial charge is 0.231 e. The zero-order chi connectivity index (χ0) is 14.9. The van der Waals surface area contributed by atoms with Crippen molar-refractivity contribution in [3.8, 4) is 0 Å². The molecule has 0 radical (unpaired) electrons. The Morgan fingerprint density at radius 1 is 1.10 bits per heavy atom. The van der Waals surface area contributed by atoms with E-state index in [-0.39, 0.29) is 5.41 Å². The van der Waals surface area contributed by atoms with E-state index in [9.17, 15) is 0 Å². The van der Waals surface area contributed by atoms with Gasteiger partial charge in [0.1, 0.15) is 16.0 Å². The summed E-state index contributed by atoms with van der Waals surface area (Å²) >= 11 is 7.63. The van der Waals surface area contributed by atoms with Gasteiger partial charge in [-0.05, 0) is 31.7 Å². The van der Waals surface area contributed by atoms with Crippen LogP contribution in [0.15, 0.2) is 22.4 Å². The highest BCUT2D eigenvalue weighted by Crippen LogP contribution is 2.31. The molecule has 106 valence electrons. The summed E-state index contributed by atoms with van der Waals surface area (Å²) < 4.78 is 0. The molecule has 0 amide bonds. The molecule has 0 N–H and O–H groups in total. The van der Waals surface area contributed by atoms with Crippen LogP contribution in [0.1, 0.15) is 37.9 Å². The molecule has 0 saturated heterocycles. The SMILES string of the molecule is Cc1ccnc(Sc2nc(C(C)(C)C)nc(Cl)c2C)n1. The number of halogens is 1. The average molecular weight is 309 g/mol. The molecule has 2 rings (SSSR count). The second-order valence-electron chi connectivity index (χ2n) is 5.60. The molecule has 0 fully saturated rings. The summed E-state index contributed by atoms with van der Waals surface area (Å²) in [5, 5.41) is 1.96. The van der Waals surface area contributed by atoms with Gasteiger partial charge in [0, 0.05) is 22.9 Å². The molecule has 2 heterocycles. The highest BCUT2D eigenvalue weighted by atomic mass is 35.5. The van der Waals surface area contributed by atoms with Crippen molar-refractivity contribution in [2.24, 2.45) is 0 Å². The number of nitrogens with zero attached hydrogens (tertiary/aromatic N) is 4. The third-order valence-electron chi connectivity index (χ3n) is 2.67. The summed E-state index contributed by atoms with van der Waals surface area (Å²) in [6, 6.07) is 1.87. The fraction of sp³-hybridized carbons (Fsp3) is 0.429. The molecule has 0 aliphatic rings. The van der Waals surface area contributed by atoms with Gasteiger partial charge in [-0.3, -0.25) is 0 Å². The van der Waals surface area contributed by atoms with E-state index in [1.54, 1.807) is 6.20 Å². The minimum atomic E-state index is -0.153. The predicted octanol–water partition coefficient (Wildman–Crippen LogP) is 3.99. The maximum atomic E-state index is 6.22. The van der Waals surface area contributed by atoms with Crippen LogP contribution in [-0.4, -0.2) is 19.9 Å². The number of hydrogen-bond donors (Lipinski definition) is 0. The van der Waals surface area contributed by atoms with Crippen LogP contribution in [0, 0.1) is 13.8 Å². The zero-order valence-corrected chi connectivity index (χ0v) is 13.8. The summed E-state index contributed by atoms with van der Waals surface area (Å²) in [5.41, 5.74) is 1.63. The number of aromatic nitrogens is 4. The van der Waals surface area contributed by atoms with E-state index in [0.29, 0.717) is 10.3 Å². The van der Waals surface area contributed by atoms with Crippen molar-refractivity contribution in [2.45, 2.75) is 50.2 Å². The topological polar surface area (TPSA) is 51.6 Å². The van der Waals surface area contributed by atoms with Crippen LogP contribution in [0.5, 0.6) is 0 Å². The standard InChI is InChI=1S/C14H17ClN4S/c1-8-6-7-16-13(17-8)20-11-9(2)10(15)18-12(19-11)14(3,4)5/h6-7H,1-5H3. The van der Waals surface area contributed by atoms with Crippen LogP contribution in [0.25, 0.3) is 0 Å². The van der Waals surface area contributed by atoms with Crippen LogP contribution in [0.3, 0.4) is 0 Å². The normalized spacial score (nSPS) is 11.7. The van der Waals surface area contributed by atoms with Crippen LogP contribution in [0.2, 0.25) is 5.15 Å². The number of hydrogen-bond acceptors (Lipinski definition) is 5. The van der Waals surface area contributed by atoms with E-state index in [4.69, 9.17) is 11.6 Å². The van der Waals surface area contributed by atoms with Gasteiger partial charge in [0.05, 0.1) is 0 Å². The Kier molecular flexibility index (Phi) is 4.30. The smallest absolute Gasteiger partial charge is 0.194 e. The van der Waals surface area contributed by atoms with E-state index in [1.165, 1.54) is 11.8 Å². The van der Waals surface area contributed by atoms with Crippen molar-refractivity contribution in [1.82, 2.24) is 19.9 Å². The van der Waals surface area contributed by atoms with Crippen LogP contribution in [-0.2, 0) is 5.41 Å². The lowest BCUT2D eigenvalue weighted by molar-refractivity contribution is 0.537. The Hall–Kier alpha value is -1.20. The van der Waals surface area contributed by atoms with Crippen molar-refractivity contribution < 1.29 is 0 Å². The Morgan fingerprint density at radius 3 is 2.40 bits per heavy atom. The third kappa shape index (κ3) is 3.46. The first-order valence-corrected chi connectivity index (χ1v) is 7.49. The lowest BCUT2D eigenvalue weighted by atomic mass is 9.96. The maximum Gasteiger partial charge on any atom is 0.194 e. The van der Waals surface area contributed by atoms with Crippen molar-refractivity contribution in [1.29, 1.82) is 0 Å². The molecule has 0 aromatic carbocycles. The average Bonchev–Trinajstić information content (AvgIpc) is 2.33. The van der Waals surface area contributed by atoms with E-state index in [2.05, 4.69) is 40.7 Å². The van der Waals surface area contributed by atoms with Gasteiger partial charge in [-0.25, -0.2) is 19.9 Å². The predicted molar refractivity (Wildman–Crippen MR) is 81.4 cm³/mol. The second kappa shape index (κ2) is 5.66. The van der Waals surface area contributed by atoms with Crippen LogP contribution >= 0.6 is 23.4 Å². The van der Waals surface area contributed by atoms with E-state index < -0.39 is 0 Å². The Balaban J connectivity index is 2.43. The summed E-state index contributed by atoms with van der Waals surface area (Å²) in [5.74, 6) is 0.725. The molecule has 0 aliphatic carbocycles. The minimum absolute atomic E-state index is 0.153. The first kappa shape index (κ1) is 15.2. The van der Waals surface area contributed by atoms with Gasteiger partial charge in [0.2, 0.25) is 0 Å². The molecule has 0 saturated carbocycles. The molecule has 0 spiro atoms. The number of aryl methyl sites for hydroxylation is 1. The molecule has 20 heavy (non-hydrogen) atoms. The lowest BCUT2D eigenvalue weighted by Gasteiger charge is -2.18. The van der Waals surface area contributed by atoms with Gasteiger partial charge in [-0.15, -0.1) is 0 Å². The molecule has 2 aromatic rings. The molecular weight excluding hydrogens is 292 g/mol. The molecule has 0 unspecified atom stereocenters. The highest BCUT2D eigenvalue weighted by Gasteiger charge is 2.21. The summed E-state index contributed by atoms with van der Waals surface area (Å²) in [6.07, 6.45) is 1.74. The van der Waals surface area contributed by atoms with E-state index in [0.717, 1.165) is 22.1 Å². The van der Waals surface area contributed by atoms with Crippen LogP contribution < -0.4 is 0 Å². The van der Waals surface area contributed by atoms with Gasteiger partial charge in [0.15, 0.2) is 5.16 Å². The monoisotopic (exact) mass is 308 g/mol. The fourth-order valence-corrected chi connectivity index (χ4v) is 2.55. The first-order valence-electron chi connectivity index (χ1n) is 6.29. The van der Waals surface area contributed by atoms with Gasteiger partial charge < -0.3 is 0 Å². The Bertz CT molecular complexity index is 638. The molecule has 6 heteroatoms.